The maximum absolute atomic E-state index is 6.17. The van der Waals surface area contributed by atoms with Crippen molar-refractivity contribution in [2.45, 2.75) is 135 Å². The van der Waals surface area contributed by atoms with Gasteiger partial charge >= 0.3 is 0 Å². The molecule has 1 saturated carbocycles. The van der Waals surface area contributed by atoms with Gasteiger partial charge in [-0.15, -0.1) is 0 Å². The zero-order chi connectivity index (χ0) is 25.3. The van der Waals surface area contributed by atoms with Crippen molar-refractivity contribution in [2.24, 2.45) is 5.92 Å². The van der Waals surface area contributed by atoms with Gasteiger partial charge in [-0.25, -0.2) is 9.97 Å². The summed E-state index contributed by atoms with van der Waals surface area (Å²) in [5.41, 5.74) is 2.74. The van der Waals surface area contributed by atoms with Crippen molar-refractivity contribution < 1.29 is 4.74 Å². The van der Waals surface area contributed by atoms with E-state index in [0.717, 1.165) is 24.6 Å². The quantitative estimate of drug-likeness (QED) is 0.194. The summed E-state index contributed by atoms with van der Waals surface area (Å²) in [6.45, 7) is 5.38. The molecule has 1 aliphatic rings. The van der Waals surface area contributed by atoms with Gasteiger partial charge < -0.3 is 4.74 Å². The van der Waals surface area contributed by atoms with Crippen molar-refractivity contribution >= 4 is 0 Å². The first-order valence-electron chi connectivity index (χ1n) is 15.3. The van der Waals surface area contributed by atoms with Crippen LogP contribution in [-0.4, -0.2) is 16.6 Å². The molecule has 2 aromatic rings. The summed E-state index contributed by atoms with van der Waals surface area (Å²) in [5, 5.41) is 0. The summed E-state index contributed by atoms with van der Waals surface area (Å²) in [4.78, 5) is 9.49. The van der Waals surface area contributed by atoms with Crippen molar-refractivity contribution in [3.8, 4) is 5.75 Å². The standard InChI is InChI=1S/C33H52N2O/c1-3-5-7-9-10-12-13-15-28-19-23-32(24-20-28)36-27-29-17-21-31(22-18-29)33-34-25-30(26-35-33)16-14-11-8-6-4-2/h19-20,23-26,29,31H,3-18,21-22,27H2,1-2H3. The van der Waals surface area contributed by atoms with E-state index in [-0.39, 0.29) is 0 Å². The highest BCUT2D eigenvalue weighted by Crippen LogP contribution is 2.34. The molecule has 0 bridgehead atoms. The Labute approximate surface area is 221 Å². The molecule has 0 radical (unpaired) electrons. The topological polar surface area (TPSA) is 35.0 Å². The van der Waals surface area contributed by atoms with Crippen LogP contribution in [0.25, 0.3) is 0 Å². The number of unbranched alkanes of at least 4 members (excludes halogenated alkanes) is 10. The van der Waals surface area contributed by atoms with E-state index < -0.39 is 0 Å². The minimum absolute atomic E-state index is 0.519. The Hall–Kier alpha value is -1.90. The molecule has 0 aliphatic heterocycles. The lowest BCUT2D eigenvalue weighted by Crippen LogP contribution is -2.20. The van der Waals surface area contributed by atoms with Gasteiger partial charge in [0.15, 0.2) is 0 Å². The molecule has 1 aliphatic carbocycles. The molecule has 0 amide bonds. The predicted octanol–water partition coefficient (Wildman–Crippen LogP) is 9.64. The van der Waals surface area contributed by atoms with Crippen LogP contribution in [0.2, 0.25) is 0 Å². The molecular formula is C33H52N2O. The first-order valence-corrected chi connectivity index (χ1v) is 15.3. The van der Waals surface area contributed by atoms with Crippen LogP contribution in [0.1, 0.15) is 139 Å². The smallest absolute Gasteiger partial charge is 0.131 e. The van der Waals surface area contributed by atoms with Gasteiger partial charge in [0, 0.05) is 18.3 Å². The normalized spacial score (nSPS) is 17.8. The highest BCUT2D eigenvalue weighted by molar-refractivity contribution is 5.27. The second kappa shape index (κ2) is 17.5. The van der Waals surface area contributed by atoms with Crippen LogP contribution in [0.3, 0.4) is 0 Å². The number of ether oxygens (including phenoxy) is 1. The lowest BCUT2D eigenvalue weighted by Gasteiger charge is -2.27. The number of benzene rings is 1. The van der Waals surface area contributed by atoms with Gasteiger partial charge in [-0.05, 0) is 80.5 Å². The average molecular weight is 493 g/mol. The molecule has 0 saturated heterocycles. The number of aryl methyl sites for hydroxylation is 2. The lowest BCUT2D eigenvalue weighted by atomic mass is 9.82. The van der Waals surface area contributed by atoms with Crippen LogP contribution in [0.5, 0.6) is 5.75 Å². The number of rotatable bonds is 18. The molecule has 1 aromatic carbocycles. The molecule has 1 heterocycles. The molecule has 1 fully saturated rings. The molecule has 0 N–H and O–H groups in total. The van der Waals surface area contributed by atoms with Crippen LogP contribution in [0, 0.1) is 5.92 Å². The molecule has 0 unspecified atom stereocenters. The van der Waals surface area contributed by atoms with Crippen LogP contribution in [0.4, 0.5) is 0 Å². The maximum Gasteiger partial charge on any atom is 0.131 e. The largest absolute Gasteiger partial charge is 0.493 e. The number of hydrogen-bond acceptors (Lipinski definition) is 3. The fourth-order valence-electron chi connectivity index (χ4n) is 5.48. The second-order valence-corrected chi connectivity index (χ2v) is 11.2. The molecule has 200 valence electrons. The molecule has 0 atom stereocenters. The van der Waals surface area contributed by atoms with Gasteiger partial charge in [0.05, 0.1) is 6.61 Å². The summed E-state index contributed by atoms with van der Waals surface area (Å²) < 4.78 is 6.17. The zero-order valence-electron chi connectivity index (χ0n) is 23.4. The lowest BCUT2D eigenvalue weighted by molar-refractivity contribution is 0.198. The fraction of sp³-hybridized carbons (Fsp3) is 0.697. The first-order chi connectivity index (χ1) is 17.8. The van der Waals surface area contributed by atoms with E-state index in [1.54, 1.807) is 0 Å². The summed E-state index contributed by atoms with van der Waals surface area (Å²) in [7, 11) is 0. The predicted molar refractivity (Wildman–Crippen MR) is 153 cm³/mol. The highest BCUT2D eigenvalue weighted by atomic mass is 16.5. The van der Waals surface area contributed by atoms with E-state index in [1.807, 2.05) is 0 Å². The summed E-state index contributed by atoms with van der Waals surface area (Å²) in [6.07, 6.45) is 27.4. The van der Waals surface area contributed by atoms with Gasteiger partial charge in [-0.2, -0.15) is 0 Å². The van der Waals surface area contributed by atoms with Crippen LogP contribution < -0.4 is 4.74 Å². The van der Waals surface area contributed by atoms with Crippen molar-refractivity contribution in [3.05, 3.63) is 53.6 Å². The summed E-state index contributed by atoms with van der Waals surface area (Å²) in [6, 6.07) is 8.86. The third-order valence-corrected chi connectivity index (χ3v) is 7.98. The average Bonchev–Trinajstić information content (AvgIpc) is 2.93. The van der Waals surface area contributed by atoms with Crippen molar-refractivity contribution in [1.29, 1.82) is 0 Å². The Morgan fingerprint density at radius 3 is 1.75 bits per heavy atom. The molecule has 1 aromatic heterocycles. The van der Waals surface area contributed by atoms with Gasteiger partial charge in [0.2, 0.25) is 0 Å². The second-order valence-electron chi connectivity index (χ2n) is 11.2. The number of nitrogens with zero attached hydrogens (tertiary/aromatic N) is 2. The molecule has 36 heavy (non-hydrogen) atoms. The van der Waals surface area contributed by atoms with Crippen molar-refractivity contribution in [1.82, 2.24) is 9.97 Å². The van der Waals surface area contributed by atoms with E-state index in [2.05, 4.69) is 50.5 Å². The minimum Gasteiger partial charge on any atom is -0.493 e. The van der Waals surface area contributed by atoms with E-state index in [0.29, 0.717) is 11.8 Å². The van der Waals surface area contributed by atoms with Gasteiger partial charge in [-0.3, -0.25) is 0 Å². The monoisotopic (exact) mass is 492 g/mol. The SMILES string of the molecule is CCCCCCCCCc1ccc(OCC2CCC(c3ncc(CCCCCCC)cn3)CC2)cc1. The Morgan fingerprint density at radius 1 is 0.639 bits per heavy atom. The zero-order valence-corrected chi connectivity index (χ0v) is 23.4. The summed E-state index contributed by atoms with van der Waals surface area (Å²) >= 11 is 0. The molecule has 3 rings (SSSR count). The first kappa shape index (κ1) is 28.7. The van der Waals surface area contributed by atoms with E-state index in [9.17, 15) is 0 Å². The Bertz CT molecular complexity index is 793. The molecule has 3 nitrogen and oxygen atoms in total. The van der Waals surface area contributed by atoms with Crippen molar-refractivity contribution in [3.63, 3.8) is 0 Å². The minimum atomic E-state index is 0.519. The molecule has 0 spiro atoms. The Balaban J connectivity index is 1.28. The molecule has 3 heteroatoms. The Morgan fingerprint density at radius 2 is 1.17 bits per heavy atom. The van der Waals surface area contributed by atoms with Gasteiger partial charge in [-0.1, -0.05) is 90.2 Å². The van der Waals surface area contributed by atoms with Gasteiger partial charge in [0.1, 0.15) is 11.6 Å². The third-order valence-electron chi connectivity index (χ3n) is 7.98. The fourth-order valence-corrected chi connectivity index (χ4v) is 5.48. The van der Waals surface area contributed by atoms with E-state index >= 15 is 0 Å². The third kappa shape index (κ3) is 11.0. The number of aromatic nitrogens is 2. The summed E-state index contributed by atoms with van der Waals surface area (Å²) in [5.74, 6) is 3.25. The maximum atomic E-state index is 6.17. The Kier molecular flexibility index (Phi) is 14.0. The van der Waals surface area contributed by atoms with Crippen molar-refractivity contribution in [2.75, 3.05) is 6.61 Å². The highest BCUT2D eigenvalue weighted by Gasteiger charge is 2.24. The molecular weight excluding hydrogens is 440 g/mol. The van der Waals surface area contributed by atoms with Crippen LogP contribution in [-0.2, 0) is 12.8 Å². The number of hydrogen-bond donors (Lipinski definition) is 0. The van der Waals surface area contributed by atoms with E-state index in [1.165, 1.54) is 120 Å². The van der Waals surface area contributed by atoms with Crippen LogP contribution >= 0.6 is 0 Å². The van der Waals surface area contributed by atoms with E-state index in [4.69, 9.17) is 14.7 Å². The van der Waals surface area contributed by atoms with Crippen LogP contribution in [0.15, 0.2) is 36.7 Å². The van der Waals surface area contributed by atoms with Gasteiger partial charge in [0.25, 0.3) is 0 Å².